The van der Waals surface area contributed by atoms with Crippen LogP contribution in [-0.4, -0.2) is 4.98 Å². The number of benzene rings is 1. The normalized spacial score (nSPS) is 13.7. The smallest absolute Gasteiger partial charge is 0.0659 e. The van der Waals surface area contributed by atoms with Gasteiger partial charge >= 0.3 is 0 Å². The molecule has 1 atom stereocenters. The number of H-pyrrole nitrogens is 1. The first kappa shape index (κ1) is 10.6. The van der Waals surface area contributed by atoms with Crippen LogP contribution in [0.3, 0.4) is 0 Å². The molecule has 0 fully saturated rings. The van der Waals surface area contributed by atoms with Gasteiger partial charge in [-0.1, -0.05) is 38.4 Å². The van der Waals surface area contributed by atoms with Gasteiger partial charge in [0.1, 0.15) is 0 Å². The van der Waals surface area contributed by atoms with Crippen LogP contribution in [0.5, 0.6) is 0 Å². The summed E-state index contributed by atoms with van der Waals surface area (Å²) in [5.41, 5.74) is 2.47. The zero-order valence-corrected chi connectivity index (χ0v) is 10.1. The summed E-state index contributed by atoms with van der Waals surface area (Å²) in [4.78, 5) is 3.15. The summed E-state index contributed by atoms with van der Waals surface area (Å²) in [5, 5.41) is 1.93. The van der Waals surface area contributed by atoms with Crippen molar-refractivity contribution in [3.05, 3.63) is 35.0 Å². The fourth-order valence-electron chi connectivity index (χ4n) is 1.77. The number of aromatic nitrogens is 1. The van der Waals surface area contributed by atoms with Crippen molar-refractivity contribution in [3.63, 3.8) is 0 Å². The van der Waals surface area contributed by atoms with Crippen molar-refractivity contribution < 1.29 is 0 Å². The van der Waals surface area contributed by atoms with Gasteiger partial charge in [0.2, 0.25) is 0 Å². The quantitative estimate of drug-likeness (QED) is 0.764. The van der Waals surface area contributed by atoms with Crippen molar-refractivity contribution in [1.29, 1.82) is 0 Å². The Hall–Kier alpha value is -0.950. The van der Waals surface area contributed by atoms with Crippen LogP contribution in [0.1, 0.15) is 32.3 Å². The summed E-state index contributed by atoms with van der Waals surface area (Å²) in [5.74, 6) is 1.22. The summed E-state index contributed by atoms with van der Waals surface area (Å²) < 4.78 is 0. The van der Waals surface area contributed by atoms with Crippen molar-refractivity contribution in [2.45, 2.75) is 26.7 Å². The molecule has 1 N–H and O–H groups in total. The van der Waals surface area contributed by atoms with Gasteiger partial charge in [0.15, 0.2) is 0 Å². The topological polar surface area (TPSA) is 15.8 Å². The average molecular weight is 222 g/mol. The minimum atomic E-state index is 0.570. The third-order valence-electron chi connectivity index (χ3n) is 3.18. The molecule has 1 unspecified atom stereocenters. The minimum Gasteiger partial charge on any atom is -0.360 e. The van der Waals surface area contributed by atoms with E-state index in [1.54, 1.807) is 0 Å². The van der Waals surface area contributed by atoms with Gasteiger partial charge in [0, 0.05) is 17.1 Å². The number of halogens is 1. The molecule has 1 aromatic carbocycles. The molecule has 0 spiro atoms. The summed E-state index contributed by atoms with van der Waals surface area (Å²) >= 11 is 6.10. The molecule has 0 aliphatic heterocycles. The van der Waals surface area contributed by atoms with E-state index in [4.69, 9.17) is 11.6 Å². The molecule has 0 saturated carbocycles. The Morgan fingerprint density at radius 1 is 1.20 bits per heavy atom. The van der Waals surface area contributed by atoms with E-state index in [0.717, 1.165) is 15.9 Å². The SMILES string of the molecule is CC(C)C(C)c1ccc2[nH]cc(Cl)c2c1. The average Bonchev–Trinajstić information content (AvgIpc) is 2.59. The largest absolute Gasteiger partial charge is 0.360 e. The van der Waals surface area contributed by atoms with Gasteiger partial charge in [-0.15, -0.1) is 0 Å². The lowest BCUT2D eigenvalue weighted by Crippen LogP contribution is -2.01. The van der Waals surface area contributed by atoms with Crippen LogP contribution in [0.2, 0.25) is 5.02 Å². The van der Waals surface area contributed by atoms with Crippen molar-refractivity contribution in [2.75, 3.05) is 0 Å². The lowest BCUT2D eigenvalue weighted by Gasteiger charge is -2.15. The minimum absolute atomic E-state index is 0.570. The fraction of sp³-hybridized carbons (Fsp3) is 0.385. The highest BCUT2D eigenvalue weighted by atomic mass is 35.5. The van der Waals surface area contributed by atoms with E-state index in [9.17, 15) is 0 Å². The van der Waals surface area contributed by atoms with Crippen molar-refractivity contribution in [3.8, 4) is 0 Å². The van der Waals surface area contributed by atoms with Crippen molar-refractivity contribution in [1.82, 2.24) is 4.98 Å². The first-order chi connectivity index (χ1) is 7.09. The fourth-order valence-corrected chi connectivity index (χ4v) is 1.98. The first-order valence-electron chi connectivity index (χ1n) is 5.36. The second-order valence-electron chi connectivity index (χ2n) is 4.47. The number of hydrogen-bond acceptors (Lipinski definition) is 0. The maximum Gasteiger partial charge on any atom is 0.0659 e. The van der Waals surface area contributed by atoms with Crippen molar-refractivity contribution >= 4 is 22.5 Å². The number of nitrogens with one attached hydrogen (secondary N) is 1. The summed E-state index contributed by atoms with van der Waals surface area (Å²) in [7, 11) is 0. The van der Waals surface area contributed by atoms with E-state index in [0.29, 0.717) is 11.8 Å². The lowest BCUT2D eigenvalue weighted by molar-refractivity contribution is 0.535. The lowest BCUT2D eigenvalue weighted by atomic mass is 9.90. The van der Waals surface area contributed by atoms with Crippen LogP contribution < -0.4 is 0 Å². The molecular formula is C13H16ClN. The van der Waals surface area contributed by atoms with Gasteiger partial charge in [-0.05, 0) is 29.5 Å². The molecule has 0 bridgehead atoms. The zero-order valence-electron chi connectivity index (χ0n) is 9.34. The van der Waals surface area contributed by atoms with Crippen LogP contribution in [0.15, 0.2) is 24.4 Å². The van der Waals surface area contributed by atoms with Gasteiger partial charge in [0.25, 0.3) is 0 Å². The molecular weight excluding hydrogens is 206 g/mol. The molecule has 2 rings (SSSR count). The van der Waals surface area contributed by atoms with E-state index in [2.05, 4.69) is 44.0 Å². The molecule has 1 aromatic heterocycles. The van der Waals surface area contributed by atoms with E-state index >= 15 is 0 Å². The molecule has 0 saturated heterocycles. The molecule has 0 aliphatic carbocycles. The Kier molecular flexibility index (Phi) is 2.74. The van der Waals surface area contributed by atoms with Gasteiger partial charge in [-0.25, -0.2) is 0 Å². The first-order valence-corrected chi connectivity index (χ1v) is 5.74. The van der Waals surface area contributed by atoms with E-state index in [-0.39, 0.29) is 0 Å². The molecule has 1 heterocycles. The number of aromatic amines is 1. The van der Waals surface area contributed by atoms with Gasteiger partial charge in [-0.3, -0.25) is 0 Å². The Bertz CT molecular complexity index is 470. The molecule has 80 valence electrons. The zero-order chi connectivity index (χ0) is 11.0. The van der Waals surface area contributed by atoms with Gasteiger partial charge in [-0.2, -0.15) is 0 Å². The Balaban J connectivity index is 2.50. The van der Waals surface area contributed by atoms with E-state index in [1.807, 2.05) is 6.20 Å². The molecule has 2 aromatic rings. The monoisotopic (exact) mass is 221 g/mol. The molecule has 0 radical (unpaired) electrons. The van der Waals surface area contributed by atoms with Gasteiger partial charge in [0.05, 0.1) is 5.02 Å². The van der Waals surface area contributed by atoms with Crippen LogP contribution in [0.4, 0.5) is 0 Å². The Labute approximate surface area is 95.5 Å². The second kappa shape index (κ2) is 3.90. The van der Waals surface area contributed by atoms with Gasteiger partial charge < -0.3 is 4.98 Å². The highest BCUT2D eigenvalue weighted by Gasteiger charge is 2.11. The Morgan fingerprint density at radius 2 is 1.93 bits per heavy atom. The Morgan fingerprint density at radius 3 is 2.60 bits per heavy atom. The highest BCUT2D eigenvalue weighted by Crippen LogP contribution is 2.29. The third-order valence-corrected chi connectivity index (χ3v) is 3.49. The number of rotatable bonds is 2. The predicted molar refractivity (Wildman–Crippen MR) is 66.6 cm³/mol. The van der Waals surface area contributed by atoms with E-state index in [1.165, 1.54) is 5.56 Å². The summed E-state index contributed by atoms with van der Waals surface area (Å²) in [6.07, 6.45) is 1.84. The van der Waals surface area contributed by atoms with Crippen LogP contribution in [0, 0.1) is 5.92 Å². The van der Waals surface area contributed by atoms with E-state index < -0.39 is 0 Å². The maximum atomic E-state index is 6.10. The predicted octanol–water partition coefficient (Wildman–Crippen LogP) is 4.58. The summed E-state index contributed by atoms with van der Waals surface area (Å²) in [6.45, 7) is 6.74. The highest BCUT2D eigenvalue weighted by molar-refractivity contribution is 6.35. The van der Waals surface area contributed by atoms with Crippen LogP contribution in [0.25, 0.3) is 10.9 Å². The summed E-state index contributed by atoms with van der Waals surface area (Å²) in [6, 6.07) is 6.48. The van der Waals surface area contributed by atoms with Crippen LogP contribution >= 0.6 is 11.6 Å². The molecule has 1 nitrogen and oxygen atoms in total. The van der Waals surface area contributed by atoms with Crippen molar-refractivity contribution in [2.24, 2.45) is 5.92 Å². The number of hydrogen-bond donors (Lipinski definition) is 1. The van der Waals surface area contributed by atoms with Crippen LogP contribution in [-0.2, 0) is 0 Å². The second-order valence-corrected chi connectivity index (χ2v) is 4.88. The third kappa shape index (κ3) is 1.89. The standard InChI is InChI=1S/C13H16ClN/c1-8(2)9(3)10-4-5-13-11(6-10)12(14)7-15-13/h4-9,15H,1-3H3. The molecule has 0 amide bonds. The molecule has 15 heavy (non-hydrogen) atoms. The maximum absolute atomic E-state index is 6.10. The number of fused-ring (bicyclic) bond motifs is 1. The molecule has 2 heteroatoms. The molecule has 0 aliphatic rings.